The van der Waals surface area contributed by atoms with E-state index in [2.05, 4.69) is 41.5 Å². The van der Waals surface area contributed by atoms with Crippen LogP contribution in [0.1, 0.15) is 49.9 Å². The van der Waals surface area contributed by atoms with Crippen molar-refractivity contribution in [1.29, 1.82) is 5.26 Å². The van der Waals surface area contributed by atoms with Gasteiger partial charge in [-0.15, -0.1) is 24.8 Å². The zero-order valence-electron chi connectivity index (χ0n) is 17.9. The molecule has 1 atom stereocenters. The fourth-order valence-electron chi connectivity index (χ4n) is 3.68. The van der Waals surface area contributed by atoms with Crippen LogP contribution in [-0.2, 0) is 6.42 Å². The van der Waals surface area contributed by atoms with Gasteiger partial charge in [0.15, 0.2) is 0 Å². The SMILES string of the molecule is CCCc1cc(N2CCCC(NCC)C2)nc(Nc2ccc(C)c(C#N)c2)n1.Cl.Cl. The molecule has 0 spiro atoms. The van der Waals surface area contributed by atoms with Gasteiger partial charge in [0.2, 0.25) is 5.95 Å². The molecule has 0 amide bonds. The van der Waals surface area contributed by atoms with Gasteiger partial charge in [0.1, 0.15) is 5.82 Å². The van der Waals surface area contributed by atoms with Gasteiger partial charge in [-0.2, -0.15) is 10.2 Å². The number of nitrogens with one attached hydrogen (secondary N) is 2. The van der Waals surface area contributed by atoms with Crippen molar-refractivity contribution in [3.8, 4) is 6.07 Å². The third-order valence-corrected chi connectivity index (χ3v) is 5.12. The zero-order chi connectivity index (χ0) is 19.9. The second kappa shape index (κ2) is 12.6. The van der Waals surface area contributed by atoms with E-state index in [1.807, 2.05) is 25.1 Å². The summed E-state index contributed by atoms with van der Waals surface area (Å²) in [6.45, 7) is 9.24. The van der Waals surface area contributed by atoms with Crippen LogP contribution in [-0.4, -0.2) is 35.6 Å². The summed E-state index contributed by atoms with van der Waals surface area (Å²) >= 11 is 0. The molecule has 1 aromatic carbocycles. The van der Waals surface area contributed by atoms with E-state index >= 15 is 0 Å². The van der Waals surface area contributed by atoms with Crippen LogP contribution >= 0.6 is 24.8 Å². The zero-order valence-corrected chi connectivity index (χ0v) is 19.6. The molecule has 6 nitrogen and oxygen atoms in total. The largest absolute Gasteiger partial charge is 0.355 e. The molecule has 8 heteroatoms. The van der Waals surface area contributed by atoms with Crippen molar-refractivity contribution < 1.29 is 0 Å². The Bertz CT molecular complexity index is 850. The van der Waals surface area contributed by atoms with Crippen molar-refractivity contribution in [2.75, 3.05) is 29.9 Å². The number of halogens is 2. The molecule has 1 saturated heterocycles. The van der Waals surface area contributed by atoms with Crippen LogP contribution in [0.25, 0.3) is 0 Å². The third kappa shape index (κ3) is 6.73. The van der Waals surface area contributed by atoms with Crippen LogP contribution < -0.4 is 15.5 Å². The predicted octanol–water partition coefficient (Wildman–Crippen LogP) is 4.77. The summed E-state index contributed by atoms with van der Waals surface area (Å²) in [5.41, 5.74) is 3.52. The Morgan fingerprint density at radius 1 is 1.20 bits per heavy atom. The van der Waals surface area contributed by atoms with Crippen molar-refractivity contribution in [2.24, 2.45) is 0 Å². The molecule has 1 fully saturated rings. The molecule has 30 heavy (non-hydrogen) atoms. The minimum atomic E-state index is 0. The van der Waals surface area contributed by atoms with Gasteiger partial charge in [-0.3, -0.25) is 0 Å². The van der Waals surface area contributed by atoms with E-state index in [1.54, 1.807) is 0 Å². The topological polar surface area (TPSA) is 76.9 Å². The second-order valence-electron chi connectivity index (χ2n) is 7.40. The molecule has 2 N–H and O–H groups in total. The summed E-state index contributed by atoms with van der Waals surface area (Å²) in [7, 11) is 0. The minimum absolute atomic E-state index is 0. The normalized spacial score (nSPS) is 15.5. The molecule has 1 aliphatic heterocycles. The van der Waals surface area contributed by atoms with Crippen molar-refractivity contribution >= 4 is 42.3 Å². The molecule has 3 rings (SSSR count). The first-order valence-corrected chi connectivity index (χ1v) is 10.3. The van der Waals surface area contributed by atoms with E-state index in [-0.39, 0.29) is 24.8 Å². The summed E-state index contributed by atoms with van der Waals surface area (Å²) < 4.78 is 0. The number of rotatable bonds is 7. The number of nitriles is 1. The van der Waals surface area contributed by atoms with Crippen LogP contribution in [0.2, 0.25) is 0 Å². The number of hydrogen-bond acceptors (Lipinski definition) is 6. The maximum atomic E-state index is 9.28. The van der Waals surface area contributed by atoms with Crippen molar-refractivity contribution in [3.63, 3.8) is 0 Å². The number of benzene rings is 1. The van der Waals surface area contributed by atoms with Gasteiger partial charge in [-0.25, -0.2) is 4.98 Å². The summed E-state index contributed by atoms with van der Waals surface area (Å²) in [6, 6.07) is 10.6. The molecule has 164 valence electrons. The highest BCUT2D eigenvalue weighted by Gasteiger charge is 2.21. The Hall–Kier alpha value is -2.07. The van der Waals surface area contributed by atoms with Gasteiger partial charge in [-0.1, -0.05) is 26.3 Å². The van der Waals surface area contributed by atoms with Crippen LogP contribution in [0, 0.1) is 18.3 Å². The van der Waals surface area contributed by atoms with Crippen molar-refractivity contribution in [2.45, 2.75) is 52.5 Å². The van der Waals surface area contributed by atoms with Gasteiger partial charge >= 0.3 is 0 Å². The molecule has 0 aliphatic carbocycles. The van der Waals surface area contributed by atoms with E-state index in [9.17, 15) is 5.26 Å². The van der Waals surface area contributed by atoms with E-state index in [4.69, 9.17) is 9.97 Å². The predicted molar refractivity (Wildman–Crippen MR) is 129 cm³/mol. The smallest absolute Gasteiger partial charge is 0.229 e. The number of piperidine rings is 1. The second-order valence-corrected chi connectivity index (χ2v) is 7.40. The summed E-state index contributed by atoms with van der Waals surface area (Å²) in [5, 5.41) is 16.2. The van der Waals surface area contributed by atoms with Crippen molar-refractivity contribution in [3.05, 3.63) is 41.1 Å². The van der Waals surface area contributed by atoms with Gasteiger partial charge in [-0.05, 0) is 50.4 Å². The molecule has 0 saturated carbocycles. The maximum absolute atomic E-state index is 9.28. The molecular formula is C22H32Cl2N6. The summed E-state index contributed by atoms with van der Waals surface area (Å²) in [4.78, 5) is 11.9. The standard InChI is InChI=1S/C22H30N6.2ClH/c1-4-7-18-13-21(28-11-6-8-20(15-28)24-5-2)27-22(25-18)26-19-10-9-16(3)17(12-19)14-23;;/h9-10,12-13,20,24H,4-8,11,15H2,1-3H3,(H,25,26,27);2*1H. The number of nitrogens with zero attached hydrogens (tertiary/aromatic N) is 4. The van der Waals surface area contributed by atoms with E-state index in [1.165, 1.54) is 6.42 Å². The lowest BCUT2D eigenvalue weighted by atomic mass is 10.1. The fraction of sp³-hybridized carbons (Fsp3) is 0.500. The molecule has 1 aliphatic rings. The molecule has 2 aromatic rings. The van der Waals surface area contributed by atoms with Crippen molar-refractivity contribution in [1.82, 2.24) is 15.3 Å². The van der Waals surface area contributed by atoms with Gasteiger partial charge in [0.05, 0.1) is 11.6 Å². The van der Waals surface area contributed by atoms with Crippen LogP contribution in [0.3, 0.4) is 0 Å². The molecule has 1 unspecified atom stereocenters. The lowest BCUT2D eigenvalue weighted by molar-refractivity contribution is 0.429. The Morgan fingerprint density at radius 2 is 2.00 bits per heavy atom. The minimum Gasteiger partial charge on any atom is -0.355 e. The molecule has 1 aromatic heterocycles. The third-order valence-electron chi connectivity index (χ3n) is 5.12. The maximum Gasteiger partial charge on any atom is 0.229 e. The molecule has 0 radical (unpaired) electrons. The lowest BCUT2D eigenvalue weighted by Gasteiger charge is -2.34. The van der Waals surface area contributed by atoms with Gasteiger partial charge < -0.3 is 15.5 Å². The average Bonchev–Trinajstić information content (AvgIpc) is 2.70. The first-order chi connectivity index (χ1) is 13.6. The first-order valence-electron chi connectivity index (χ1n) is 10.3. The Balaban J connectivity index is 0.00000225. The van der Waals surface area contributed by atoms with Crippen LogP contribution in [0.5, 0.6) is 0 Å². The number of hydrogen-bond donors (Lipinski definition) is 2. The number of aryl methyl sites for hydroxylation is 2. The molecule has 2 heterocycles. The highest BCUT2D eigenvalue weighted by atomic mass is 35.5. The summed E-state index contributed by atoms with van der Waals surface area (Å²) in [6.07, 6.45) is 4.34. The van der Waals surface area contributed by atoms with E-state index in [0.29, 0.717) is 17.6 Å². The lowest BCUT2D eigenvalue weighted by Crippen LogP contribution is -2.46. The Labute approximate surface area is 192 Å². The highest BCUT2D eigenvalue weighted by molar-refractivity contribution is 5.85. The highest BCUT2D eigenvalue weighted by Crippen LogP contribution is 2.23. The average molecular weight is 451 g/mol. The monoisotopic (exact) mass is 450 g/mol. The number of likely N-dealkylation sites (N-methyl/N-ethyl adjacent to an activating group) is 1. The quantitative estimate of drug-likeness (QED) is 0.631. The Morgan fingerprint density at radius 3 is 2.70 bits per heavy atom. The number of anilines is 3. The molecule has 0 bridgehead atoms. The summed E-state index contributed by atoms with van der Waals surface area (Å²) in [5.74, 6) is 1.58. The van der Waals surface area contributed by atoms with Crippen LogP contribution in [0.15, 0.2) is 24.3 Å². The first kappa shape index (κ1) is 26.0. The van der Waals surface area contributed by atoms with E-state index in [0.717, 1.165) is 61.7 Å². The number of aromatic nitrogens is 2. The Kier molecular flexibility index (Phi) is 10.9. The van der Waals surface area contributed by atoms with Crippen LogP contribution in [0.4, 0.5) is 17.5 Å². The van der Waals surface area contributed by atoms with E-state index < -0.39 is 0 Å². The van der Waals surface area contributed by atoms with Gasteiger partial charge in [0, 0.05) is 36.6 Å². The van der Waals surface area contributed by atoms with Gasteiger partial charge in [0.25, 0.3) is 0 Å². The fourth-order valence-corrected chi connectivity index (χ4v) is 3.68. The molecular weight excluding hydrogens is 419 g/mol.